The Labute approximate surface area is 141 Å². The van der Waals surface area contributed by atoms with Gasteiger partial charge in [-0.1, -0.05) is 12.1 Å². The van der Waals surface area contributed by atoms with Crippen LogP contribution in [0.1, 0.15) is 35.7 Å². The Kier molecular flexibility index (Phi) is 3.63. The van der Waals surface area contributed by atoms with Gasteiger partial charge in [0.1, 0.15) is 6.54 Å². The summed E-state index contributed by atoms with van der Waals surface area (Å²) in [5, 5.41) is 8.74. The molecule has 4 rings (SSSR count). The van der Waals surface area contributed by atoms with Crippen LogP contribution in [-0.2, 0) is 24.8 Å². The molecule has 0 bridgehead atoms. The maximum Gasteiger partial charge on any atom is 0.240 e. The van der Waals surface area contributed by atoms with E-state index in [1.807, 2.05) is 34.8 Å². The zero-order valence-corrected chi connectivity index (χ0v) is 14.1. The second-order valence-electron chi connectivity index (χ2n) is 6.63. The summed E-state index contributed by atoms with van der Waals surface area (Å²) in [5.74, 6) is 0.0516. The minimum absolute atomic E-state index is 0.0516. The van der Waals surface area contributed by atoms with Gasteiger partial charge in [0.15, 0.2) is 0 Å². The summed E-state index contributed by atoms with van der Waals surface area (Å²) < 4.78 is 3.94. The largest absolute Gasteiger partial charge is 0.348 e. The van der Waals surface area contributed by atoms with E-state index in [9.17, 15) is 4.79 Å². The third-order valence-electron chi connectivity index (χ3n) is 5.06. The van der Waals surface area contributed by atoms with E-state index in [0.29, 0.717) is 6.54 Å². The standard InChI is InChI=1S/C19H22N4O/c1-13-5-3-8-18-14(13)9-10-23(18)12-19(24)21-16-6-4-7-17-15(16)11-20-22(17)2/h3,5,8-11,16H,4,6-7,12H2,1-2H3,(H,21,24)/t16-/m0/s1. The number of aryl methyl sites for hydroxylation is 2. The lowest BCUT2D eigenvalue weighted by molar-refractivity contribution is -0.122. The van der Waals surface area contributed by atoms with Crippen molar-refractivity contribution in [2.24, 2.45) is 7.05 Å². The molecule has 5 nitrogen and oxygen atoms in total. The second-order valence-corrected chi connectivity index (χ2v) is 6.63. The van der Waals surface area contributed by atoms with Gasteiger partial charge in [-0.15, -0.1) is 0 Å². The zero-order valence-electron chi connectivity index (χ0n) is 14.1. The number of hydrogen-bond donors (Lipinski definition) is 1. The van der Waals surface area contributed by atoms with E-state index in [0.717, 1.165) is 24.8 Å². The molecule has 0 unspecified atom stereocenters. The molecule has 1 aromatic carbocycles. The predicted molar refractivity (Wildman–Crippen MR) is 93.7 cm³/mol. The van der Waals surface area contributed by atoms with Crippen LogP contribution >= 0.6 is 0 Å². The summed E-state index contributed by atoms with van der Waals surface area (Å²) in [6, 6.07) is 8.36. The van der Waals surface area contributed by atoms with Crippen LogP contribution in [0, 0.1) is 6.92 Å². The van der Waals surface area contributed by atoms with Crippen molar-refractivity contribution in [1.29, 1.82) is 0 Å². The molecular weight excluding hydrogens is 300 g/mol. The first-order chi connectivity index (χ1) is 11.6. The van der Waals surface area contributed by atoms with Gasteiger partial charge in [-0.3, -0.25) is 9.48 Å². The van der Waals surface area contributed by atoms with Crippen molar-refractivity contribution in [1.82, 2.24) is 19.7 Å². The third kappa shape index (κ3) is 2.50. The van der Waals surface area contributed by atoms with Gasteiger partial charge in [0.25, 0.3) is 0 Å². The topological polar surface area (TPSA) is 51.9 Å². The summed E-state index contributed by atoms with van der Waals surface area (Å²) in [4.78, 5) is 12.6. The number of fused-ring (bicyclic) bond motifs is 2. The van der Waals surface area contributed by atoms with Gasteiger partial charge in [-0.25, -0.2) is 0 Å². The van der Waals surface area contributed by atoms with Crippen LogP contribution in [0.3, 0.4) is 0 Å². The molecule has 0 radical (unpaired) electrons. The molecule has 1 atom stereocenters. The SMILES string of the molecule is Cc1cccc2c1ccn2CC(=O)N[C@H]1CCCc2c1cnn2C. The number of carbonyl (C=O) groups is 1. The van der Waals surface area contributed by atoms with E-state index in [-0.39, 0.29) is 11.9 Å². The van der Waals surface area contributed by atoms with Crippen molar-refractivity contribution >= 4 is 16.8 Å². The number of amides is 1. The lowest BCUT2D eigenvalue weighted by Gasteiger charge is -2.24. The molecule has 0 saturated carbocycles. The molecule has 1 aliphatic rings. The lowest BCUT2D eigenvalue weighted by Crippen LogP contribution is -2.33. The van der Waals surface area contributed by atoms with Crippen molar-refractivity contribution in [3.8, 4) is 0 Å². The van der Waals surface area contributed by atoms with Crippen LogP contribution in [0.4, 0.5) is 0 Å². The molecule has 3 aromatic rings. The van der Waals surface area contributed by atoms with Gasteiger partial charge >= 0.3 is 0 Å². The molecule has 1 amide bonds. The van der Waals surface area contributed by atoms with Gasteiger partial charge < -0.3 is 9.88 Å². The molecule has 1 N–H and O–H groups in total. The van der Waals surface area contributed by atoms with Crippen LogP contribution in [0.15, 0.2) is 36.7 Å². The molecule has 5 heteroatoms. The normalized spacial score (nSPS) is 17.0. The fraction of sp³-hybridized carbons (Fsp3) is 0.368. The van der Waals surface area contributed by atoms with Crippen molar-refractivity contribution < 1.29 is 4.79 Å². The summed E-state index contributed by atoms with van der Waals surface area (Å²) >= 11 is 0. The lowest BCUT2D eigenvalue weighted by atomic mass is 9.93. The number of rotatable bonds is 3. The van der Waals surface area contributed by atoms with E-state index in [1.165, 1.54) is 22.2 Å². The van der Waals surface area contributed by atoms with Gasteiger partial charge in [0.05, 0.1) is 12.2 Å². The summed E-state index contributed by atoms with van der Waals surface area (Å²) in [6.07, 6.45) is 7.00. The molecule has 124 valence electrons. The summed E-state index contributed by atoms with van der Waals surface area (Å²) in [6.45, 7) is 2.44. The third-order valence-corrected chi connectivity index (χ3v) is 5.06. The van der Waals surface area contributed by atoms with E-state index in [2.05, 4.69) is 35.5 Å². The van der Waals surface area contributed by atoms with Crippen molar-refractivity contribution in [3.63, 3.8) is 0 Å². The van der Waals surface area contributed by atoms with E-state index in [4.69, 9.17) is 0 Å². The average molecular weight is 322 g/mol. The van der Waals surface area contributed by atoms with E-state index < -0.39 is 0 Å². The molecule has 0 aliphatic heterocycles. The van der Waals surface area contributed by atoms with Crippen LogP contribution in [0.25, 0.3) is 10.9 Å². The minimum Gasteiger partial charge on any atom is -0.348 e. The minimum atomic E-state index is 0.0516. The molecule has 24 heavy (non-hydrogen) atoms. The van der Waals surface area contributed by atoms with Gasteiger partial charge in [0, 0.05) is 35.4 Å². The Morgan fingerprint density at radius 3 is 3.12 bits per heavy atom. The molecule has 2 aromatic heterocycles. The molecule has 0 spiro atoms. The Morgan fingerprint density at radius 1 is 1.38 bits per heavy atom. The first kappa shape index (κ1) is 15.0. The average Bonchev–Trinajstić information content (AvgIpc) is 3.14. The fourth-order valence-corrected chi connectivity index (χ4v) is 3.77. The number of benzene rings is 1. The van der Waals surface area contributed by atoms with Gasteiger partial charge in [0.2, 0.25) is 5.91 Å². The number of nitrogens with zero attached hydrogens (tertiary/aromatic N) is 3. The fourth-order valence-electron chi connectivity index (χ4n) is 3.77. The molecular formula is C19H22N4O. The Balaban J connectivity index is 1.52. The maximum absolute atomic E-state index is 12.6. The number of aromatic nitrogens is 3. The first-order valence-electron chi connectivity index (χ1n) is 8.48. The highest BCUT2D eigenvalue weighted by Crippen LogP contribution is 2.29. The molecule has 0 fully saturated rings. The zero-order chi connectivity index (χ0) is 16.7. The molecule has 0 saturated heterocycles. The van der Waals surface area contributed by atoms with Crippen LogP contribution in [0.2, 0.25) is 0 Å². The predicted octanol–water partition coefficient (Wildman–Crippen LogP) is 2.88. The highest BCUT2D eigenvalue weighted by atomic mass is 16.2. The number of nitrogens with one attached hydrogen (secondary N) is 1. The van der Waals surface area contributed by atoms with Crippen LogP contribution in [0.5, 0.6) is 0 Å². The van der Waals surface area contributed by atoms with Crippen LogP contribution in [-0.4, -0.2) is 20.3 Å². The van der Waals surface area contributed by atoms with Crippen molar-refractivity contribution in [3.05, 3.63) is 53.5 Å². The molecule has 1 aliphatic carbocycles. The second kappa shape index (κ2) is 5.82. The van der Waals surface area contributed by atoms with Crippen molar-refractivity contribution in [2.75, 3.05) is 0 Å². The Bertz CT molecular complexity index is 905. The van der Waals surface area contributed by atoms with E-state index in [1.54, 1.807) is 0 Å². The quantitative estimate of drug-likeness (QED) is 0.806. The Hall–Kier alpha value is -2.56. The number of carbonyl (C=O) groups excluding carboxylic acids is 1. The monoisotopic (exact) mass is 322 g/mol. The number of hydrogen-bond acceptors (Lipinski definition) is 2. The molecule has 2 heterocycles. The summed E-state index contributed by atoms with van der Waals surface area (Å²) in [5.41, 5.74) is 4.76. The Morgan fingerprint density at radius 2 is 2.25 bits per heavy atom. The van der Waals surface area contributed by atoms with Gasteiger partial charge in [-0.2, -0.15) is 5.10 Å². The first-order valence-corrected chi connectivity index (χ1v) is 8.48. The van der Waals surface area contributed by atoms with Crippen molar-refractivity contribution in [2.45, 2.75) is 38.8 Å². The van der Waals surface area contributed by atoms with Gasteiger partial charge in [-0.05, 0) is 43.9 Å². The smallest absolute Gasteiger partial charge is 0.240 e. The maximum atomic E-state index is 12.6. The summed E-state index contributed by atoms with van der Waals surface area (Å²) in [7, 11) is 1.97. The highest BCUT2D eigenvalue weighted by molar-refractivity contribution is 5.85. The van der Waals surface area contributed by atoms with Crippen LogP contribution < -0.4 is 5.32 Å². The van der Waals surface area contributed by atoms with E-state index >= 15 is 0 Å². The highest BCUT2D eigenvalue weighted by Gasteiger charge is 2.24.